The molecule has 4 nitrogen and oxygen atoms in total. The number of nitrogens with one attached hydrogen (secondary N) is 1. The van der Waals surface area contributed by atoms with Gasteiger partial charge in [0, 0.05) is 24.8 Å². The van der Waals surface area contributed by atoms with Crippen LogP contribution in [-0.4, -0.2) is 40.9 Å². The zero-order chi connectivity index (χ0) is 18.9. The van der Waals surface area contributed by atoms with Crippen LogP contribution in [0.1, 0.15) is 36.0 Å². The highest BCUT2D eigenvalue weighted by Gasteiger charge is 2.38. The first-order valence-electron chi connectivity index (χ1n) is 9.53. The fourth-order valence-corrected chi connectivity index (χ4v) is 4.35. The second kappa shape index (κ2) is 7.28. The smallest absolute Gasteiger partial charge is 0.317 e. The van der Waals surface area contributed by atoms with Crippen LogP contribution in [0.4, 0.5) is 13.2 Å². The highest BCUT2D eigenvalue weighted by atomic mass is 19.4. The molecule has 2 aliphatic rings. The molecule has 3 heterocycles. The summed E-state index contributed by atoms with van der Waals surface area (Å²) in [5, 5.41) is 7.83. The molecule has 0 aliphatic carbocycles. The predicted molar refractivity (Wildman–Crippen MR) is 97.2 cm³/mol. The van der Waals surface area contributed by atoms with Gasteiger partial charge in [-0.25, -0.2) is 0 Å². The Morgan fingerprint density at radius 1 is 1.00 bits per heavy atom. The Morgan fingerprint density at radius 3 is 2.44 bits per heavy atom. The van der Waals surface area contributed by atoms with Crippen molar-refractivity contribution in [2.45, 2.75) is 38.5 Å². The highest BCUT2D eigenvalue weighted by Crippen LogP contribution is 2.39. The lowest BCUT2D eigenvalue weighted by Crippen LogP contribution is -2.38. The number of alkyl halides is 3. The van der Waals surface area contributed by atoms with Crippen molar-refractivity contribution in [2.75, 3.05) is 26.2 Å². The standard InChI is InChI=1S/C20H25F3N4/c21-20(22,23)18-3-1-16(2-4-18)13-27-14-17(11-25-27)12-26-10-7-19(15-26)5-8-24-9-6-19/h1-4,11,14,24H,5-10,12-13,15H2. The number of benzene rings is 1. The minimum Gasteiger partial charge on any atom is -0.317 e. The number of halogens is 3. The number of aromatic nitrogens is 2. The van der Waals surface area contributed by atoms with E-state index in [2.05, 4.69) is 15.3 Å². The van der Waals surface area contributed by atoms with Gasteiger partial charge in [0.1, 0.15) is 0 Å². The maximum absolute atomic E-state index is 12.7. The van der Waals surface area contributed by atoms with Gasteiger partial charge in [-0.05, 0) is 62.0 Å². The van der Waals surface area contributed by atoms with E-state index in [0.717, 1.165) is 56.0 Å². The molecule has 0 atom stereocenters. The molecule has 0 amide bonds. The van der Waals surface area contributed by atoms with Crippen molar-refractivity contribution in [3.8, 4) is 0 Å². The lowest BCUT2D eigenvalue weighted by Gasteiger charge is -2.33. The topological polar surface area (TPSA) is 33.1 Å². The number of likely N-dealkylation sites (tertiary alicyclic amines) is 1. The molecule has 1 aromatic heterocycles. The molecule has 146 valence electrons. The van der Waals surface area contributed by atoms with Crippen molar-refractivity contribution in [2.24, 2.45) is 5.41 Å². The van der Waals surface area contributed by atoms with E-state index in [0.29, 0.717) is 12.0 Å². The summed E-state index contributed by atoms with van der Waals surface area (Å²) in [6.07, 6.45) is 3.38. The summed E-state index contributed by atoms with van der Waals surface area (Å²) in [4.78, 5) is 2.50. The molecular weight excluding hydrogens is 353 g/mol. The lowest BCUT2D eigenvalue weighted by atomic mass is 9.78. The van der Waals surface area contributed by atoms with E-state index in [1.54, 1.807) is 4.68 Å². The van der Waals surface area contributed by atoms with Gasteiger partial charge in [0.05, 0.1) is 18.3 Å². The normalized spacial score (nSPS) is 20.4. The minimum atomic E-state index is -4.29. The molecule has 2 saturated heterocycles. The Balaban J connectivity index is 1.34. The van der Waals surface area contributed by atoms with Gasteiger partial charge < -0.3 is 5.32 Å². The van der Waals surface area contributed by atoms with Gasteiger partial charge in [-0.1, -0.05) is 12.1 Å². The zero-order valence-electron chi connectivity index (χ0n) is 15.3. The molecule has 7 heteroatoms. The first-order valence-corrected chi connectivity index (χ1v) is 9.53. The van der Waals surface area contributed by atoms with E-state index in [4.69, 9.17) is 0 Å². The van der Waals surface area contributed by atoms with Crippen LogP contribution in [0.15, 0.2) is 36.7 Å². The average Bonchev–Trinajstić information content (AvgIpc) is 3.23. The molecule has 2 fully saturated rings. The van der Waals surface area contributed by atoms with E-state index in [9.17, 15) is 13.2 Å². The van der Waals surface area contributed by atoms with E-state index in [1.807, 2.05) is 12.4 Å². The van der Waals surface area contributed by atoms with Gasteiger partial charge in [0.15, 0.2) is 0 Å². The number of rotatable bonds is 4. The van der Waals surface area contributed by atoms with Crippen molar-refractivity contribution in [1.29, 1.82) is 0 Å². The second-order valence-electron chi connectivity index (χ2n) is 7.95. The molecule has 0 radical (unpaired) electrons. The summed E-state index contributed by atoms with van der Waals surface area (Å²) < 4.78 is 39.8. The summed E-state index contributed by atoms with van der Waals surface area (Å²) in [7, 11) is 0. The number of hydrogen-bond donors (Lipinski definition) is 1. The van der Waals surface area contributed by atoms with E-state index in [1.165, 1.54) is 31.4 Å². The Hall–Kier alpha value is -1.86. The summed E-state index contributed by atoms with van der Waals surface area (Å²) in [6, 6.07) is 5.29. The first-order chi connectivity index (χ1) is 12.9. The van der Waals surface area contributed by atoms with Crippen LogP contribution in [-0.2, 0) is 19.3 Å². The van der Waals surface area contributed by atoms with E-state index >= 15 is 0 Å². The predicted octanol–water partition coefficient (Wildman–Crippen LogP) is 3.53. The maximum atomic E-state index is 12.7. The monoisotopic (exact) mass is 378 g/mol. The summed E-state index contributed by atoms with van der Waals surface area (Å²) >= 11 is 0. The minimum absolute atomic E-state index is 0.480. The third-order valence-electron chi connectivity index (χ3n) is 5.90. The zero-order valence-corrected chi connectivity index (χ0v) is 15.3. The quantitative estimate of drug-likeness (QED) is 0.884. The SMILES string of the molecule is FC(F)(F)c1ccc(Cn2cc(CN3CCC4(CCNCC4)C3)cn2)cc1. The van der Waals surface area contributed by atoms with Crippen LogP contribution in [0.25, 0.3) is 0 Å². The molecule has 0 saturated carbocycles. The molecule has 2 aromatic rings. The molecule has 27 heavy (non-hydrogen) atoms. The third kappa shape index (κ3) is 4.35. The number of hydrogen-bond acceptors (Lipinski definition) is 3. The fraction of sp³-hybridized carbons (Fsp3) is 0.550. The first kappa shape index (κ1) is 18.5. The van der Waals surface area contributed by atoms with Crippen molar-refractivity contribution in [3.63, 3.8) is 0 Å². The van der Waals surface area contributed by atoms with Crippen molar-refractivity contribution >= 4 is 0 Å². The Morgan fingerprint density at radius 2 is 1.74 bits per heavy atom. The van der Waals surface area contributed by atoms with Crippen LogP contribution < -0.4 is 5.32 Å². The fourth-order valence-electron chi connectivity index (χ4n) is 4.35. The number of piperidine rings is 1. The van der Waals surface area contributed by atoms with Crippen molar-refractivity contribution < 1.29 is 13.2 Å². The Kier molecular flexibility index (Phi) is 4.99. The maximum Gasteiger partial charge on any atom is 0.416 e. The second-order valence-corrected chi connectivity index (χ2v) is 7.95. The third-order valence-corrected chi connectivity index (χ3v) is 5.90. The van der Waals surface area contributed by atoms with Crippen LogP contribution in [0.3, 0.4) is 0 Å². The van der Waals surface area contributed by atoms with Gasteiger partial charge in [-0.15, -0.1) is 0 Å². The molecule has 4 rings (SSSR count). The largest absolute Gasteiger partial charge is 0.416 e. The van der Waals surface area contributed by atoms with Gasteiger partial charge in [0.2, 0.25) is 0 Å². The van der Waals surface area contributed by atoms with E-state index < -0.39 is 11.7 Å². The van der Waals surface area contributed by atoms with Crippen LogP contribution in [0.5, 0.6) is 0 Å². The molecule has 0 unspecified atom stereocenters. The van der Waals surface area contributed by atoms with Gasteiger partial charge in [0.25, 0.3) is 0 Å². The molecule has 1 spiro atoms. The Labute approximate surface area is 157 Å². The molecule has 1 N–H and O–H groups in total. The summed E-state index contributed by atoms with van der Waals surface area (Å²) in [6.45, 7) is 5.90. The van der Waals surface area contributed by atoms with Crippen molar-refractivity contribution in [3.05, 3.63) is 53.3 Å². The van der Waals surface area contributed by atoms with Gasteiger partial charge in [-0.2, -0.15) is 18.3 Å². The average molecular weight is 378 g/mol. The van der Waals surface area contributed by atoms with Gasteiger partial charge >= 0.3 is 6.18 Å². The lowest BCUT2D eigenvalue weighted by molar-refractivity contribution is -0.137. The molecule has 2 aliphatic heterocycles. The Bertz CT molecular complexity index is 760. The van der Waals surface area contributed by atoms with Crippen molar-refractivity contribution in [1.82, 2.24) is 20.0 Å². The summed E-state index contributed by atoms with van der Waals surface area (Å²) in [5.74, 6) is 0. The summed E-state index contributed by atoms with van der Waals surface area (Å²) in [5.41, 5.74) is 1.84. The van der Waals surface area contributed by atoms with Crippen LogP contribution >= 0.6 is 0 Å². The molecular formula is C20H25F3N4. The van der Waals surface area contributed by atoms with E-state index in [-0.39, 0.29) is 0 Å². The number of nitrogens with zero attached hydrogens (tertiary/aromatic N) is 3. The van der Waals surface area contributed by atoms with Crippen LogP contribution in [0.2, 0.25) is 0 Å². The van der Waals surface area contributed by atoms with Crippen LogP contribution in [0, 0.1) is 5.41 Å². The molecule has 0 bridgehead atoms. The van der Waals surface area contributed by atoms with Gasteiger partial charge in [-0.3, -0.25) is 9.58 Å². The molecule has 1 aromatic carbocycles. The highest BCUT2D eigenvalue weighted by molar-refractivity contribution is 5.24.